The van der Waals surface area contributed by atoms with Gasteiger partial charge in [0.2, 0.25) is 0 Å². The summed E-state index contributed by atoms with van der Waals surface area (Å²) in [7, 11) is 1.74. The molecule has 176 valence electrons. The van der Waals surface area contributed by atoms with Crippen LogP contribution in [0.25, 0.3) is 6.08 Å². The highest BCUT2D eigenvalue weighted by Crippen LogP contribution is 2.65. The van der Waals surface area contributed by atoms with Crippen molar-refractivity contribution in [3.63, 3.8) is 0 Å². The molecule has 3 aliphatic carbocycles. The maximum absolute atomic E-state index is 13.2. The van der Waals surface area contributed by atoms with Gasteiger partial charge in [-0.3, -0.25) is 4.79 Å². The number of ketones is 1. The number of aryl methyl sites for hydroxylation is 2. The third-order valence-electron chi connectivity index (χ3n) is 9.27. The van der Waals surface area contributed by atoms with E-state index in [1.54, 1.807) is 31.4 Å². The van der Waals surface area contributed by atoms with Crippen molar-refractivity contribution in [3.8, 4) is 5.75 Å². The molecule has 0 saturated heterocycles. The van der Waals surface area contributed by atoms with E-state index in [0.717, 1.165) is 42.7 Å². The van der Waals surface area contributed by atoms with Crippen molar-refractivity contribution in [2.45, 2.75) is 70.8 Å². The number of hydrogen-bond acceptors (Lipinski definition) is 4. The van der Waals surface area contributed by atoms with Crippen molar-refractivity contribution in [1.29, 1.82) is 0 Å². The molecule has 2 fully saturated rings. The van der Waals surface area contributed by atoms with E-state index < -0.39 is 5.60 Å². The van der Waals surface area contributed by atoms with Crippen LogP contribution in [0.3, 0.4) is 0 Å². The predicted octanol–water partition coefficient (Wildman–Crippen LogP) is 6.57. The van der Waals surface area contributed by atoms with Gasteiger partial charge < -0.3 is 9.84 Å². The van der Waals surface area contributed by atoms with Gasteiger partial charge in [-0.1, -0.05) is 13.0 Å². The average Bonchev–Trinajstić information content (AvgIpc) is 3.39. The first-order valence-electron chi connectivity index (χ1n) is 12.4. The van der Waals surface area contributed by atoms with Crippen molar-refractivity contribution >= 4 is 23.2 Å². The van der Waals surface area contributed by atoms with Crippen LogP contribution in [0, 0.1) is 30.1 Å². The van der Waals surface area contributed by atoms with Crippen LogP contribution in [0.4, 0.5) is 0 Å². The molecule has 33 heavy (non-hydrogen) atoms. The molecule has 5 rings (SSSR count). The summed E-state index contributed by atoms with van der Waals surface area (Å²) in [6, 6.07) is 10.7. The van der Waals surface area contributed by atoms with Crippen LogP contribution in [0.5, 0.6) is 5.75 Å². The molecule has 1 heterocycles. The summed E-state index contributed by atoms with van der Waals surface area (Å²) < 4.78 is 5.46. The standard InChI is InChI=1S/C29H36O3S/c1-18-5-8-21(33-18)9-14-27(30)29(3,31)26-13-12-25-24-10-6-19-17-20(32-4)7-11-22(19)23(24)15-16-28(25,26)2/h5,7-9,11,14,17,23-26,31H,6,10,12-13,15-16H2,1-4H3/b14-9+/t23-,24-,25+,26?,28+,29-/m1/s1. The number of benzene rings is 1. The Bertz CT molecular complexity index is 1080. The number of aliphatic hydroxyl groups is 1. The van der Waals surface area contributed by atoms with Crippen LogP contribution in [0.15, 0.2) is 36.4 Å². The smallest absolute Gasteiger partial charge is 0.187 e. The Kier molecular flexibility index (Phi) is 5.81. The number of carbonyl (C=O) groups excluding carboxylic acids is 1. The first-order chi connectivity index (χ1) is 15.7. The summed E-state index contributed by atoms with van der Waals surface area (Å²) in [5, 5.41) is 11.6. The predicted molar refractivity (Wildman–Crippen MR) is 135 cm³/mol. The maximum Gasteiger partial charge on any atom is 0.187 e. The van der Waals surface area contributed by atoms with E-state index in [4.69, 9.17) is 4.74 Å². The number of methoxy groups -OCH3 is 1. The first-order valence-corrected chi connectivity index (χ1v) is 13.2. The van der Waals surface area contributed by atoms with Gasteiger partial charge in [-0.2, -0.15) is 0 Å². The SMILES string of the molecule is COc1ccc2c(c1)CC[C@@H]1[C@@H]2CC[C@]2(C)C([C@@](C)(O)C(=O)/C=C/c3ccc(C)s3)CC[C@@H]12. The van der Waals surface area contributed by atoms with E-state index in [1.807, 2.05) is 12.1 Å². The topological polar surface area (TPSA) is 46.5 Å². The average molecular weight is 465 g/mol. The summed E-state index contributed by atoms with van der Waals surface area (Å²) in [5.41, 5.74) is 1.65. The minimum Gasteiger partial charge on any atom is -0.497 e. The highest BCUT2D eigenvalue weighted by molar-refractivity contribution is 7.12. The molecule has 3 nitrogen and oxygen atoms in total. The van der Waals surface area contributed by atoms with Crippen LogP contribution in [0.1, 0.15) is 72.8 Å². The Balaban J connectivity index is 1.37. The fourth-order valence-corrected chi connectivity index (χ4v) is 8.43. The second-order valence-corrected chi connectivity index (χ2v) is 12.3. The largest absolute Gasteiger partial charge is 0.497 e. The molecule has 4 heteroatoms. The Labute approximate surface area is 201 Å². The summed E-state index contributed by atoms with van der Waals surface area (Å²) in [6.07, 6.45) is 10.0. The molecular formula is C29H36O3S. The number of hydrogen-bond donors (Lipinski definition) is 1. The fourth-order valence-electron chi connectivity index (χ4n) is 7.65. The van der Waals surface area contributed by atoms with Gasteiger partial charge in [0.05, 0.1) is 7.11 Å². The van der Waals surface area contributed by atoms with Gasteiger partial charge in [0.1, 0.15) is 11.4 Å². The van der Waals surface area contributed by atoms with Crippen molar-refractivity contribution in [1.82, 2.24) is 0 Å². The van der Waals surface area contributed by atoms with Crippen molar-refractivity contribution in [3.05, 3.63) is 57.3 Å². The molecule has 0 bridgehead atoms. The molecule has 0 radical (unpaired) electrons. The molecule has 0 aliphatic heterocycles. The second kappa shape index (κ2) is 8.39. The number of carbonyl (C=O) groups is 1. The third-order valence-corrected chi connectivity index (χ3v) is 10.2. The Hall–Kier alpha value is -1.91. The lowest BCUT2D eigenvalue weighted by atomic mass is 9.52. The van der Waals surface area contributed by atoms with E-state index in [0.29, 0.717) is 17.8 Å². The molecule has 1 aromatic carbocycles. The quantitative estimate of drug-likeness (QED) is 0.509. The van der Waals surface area contributed by atoms with Gasteiger partial charge in [0.25, 0.3) is 0 Å². The number of rotatable bonds is 5. The molecule has 6 atom stereocenters. The lowest BCUT2D eigenvalue weighted by molar-refractivity contribution is -0.144. The van der Waals surface area contributed by atoms with E-state index in [2.05, 4.69) is 38.1 Å². The van der Waals surface area contributed by atoms with Crippen LogP contribution < -0.4 is 4.74 Å². The van der Waals surface area contributed by atoms with Gasteiger partial charge in [-0.15, -0.1) is 11.3 Å². The van der Waals surface area contributed by atoms with Gasteiger partial charge in [-0.25, -0.2) is 0 Å². The Morgan fingerprint density at radius 3 is 2.76 bits per heavy atom. The minimum absolute atomic E-state index is 0.00966. The monoisotopic (exact) mass is 464 g/mol. The highest BCUT2D eigenvalue weighted by atomic mass is 32.1. The molecule has 0 spiro atoms. The number of thiophene rings is 1. The van der Waals surface area contributed by atoms with Gasteiger partial charge >= 0.3 is 0 Å². The van der Waals surface area contributed by atoms with Crippen molar-refractivity contribution < 1.29 is 14.6 Å². The van der Waals surface area contributed by atoms with Crippen molar-refractivity contribution in [2.75, 3.05) is 7.11 Å². The van der Waals surface area contributed by atoms with Crippen LogP contribution >= 0.6 is 11.3 Å². The molecule has 1 unspecified atom stereocenters. The molecule has 1 N–H and O–H groups in total. The molecule has 2 aromatic rings. The van der Waals surface area contributed by atoms with Gasteiger partial charge in [-0.05, 0) is 123 Å². The van der Waals surface area contributed by atoms with Crippen LogP contribution in [0.2, 0.25) is 0 Å². The lowest BCUT2D eigenvalue weighted by Crippen LogP contribution is -2.51. The summed E-state index contributed by atoms with van der Waals surface area (Å²) in [6.45, 7) is 6.20. The Morgan fingerprint density at radius 2 is 2.03 bits per heavy atom. The maximum atomic E-state index is 13.2. The fraction of sp³-hybridized carbons (Fsp3) is 0.552. The van der Waals surface area contributed by atoms with E-state index in [-0.39, 0.29) is 17.1 Å². The lowest BCUT2D eigenvalue weighted by Gasteiger charge is -2.52. The molecule has 1 aromatic heterocycles. The van der Waals surface area contributed by atoms with Gasteiger partial charge in [0, 0.05) is 15.7 Å². The van der Waals surface area contributed by atoms with E-state index in [9.17, 15) is 9.90 Å². The zero-order valence-electron chi connectivity index (χ0n) is 20.3. The van der Waals surface area contributed by atoms with Gasteiger partial charge in [0.15, 0.2) is 5.78 Å². The van der Waals surface area contributed by atoms with Crippen LogP contribution in [-0.4, -0.2) is 23.6 Å². The minimum atomic E-state index is -1.32. The summed E-state index contributed by atoms with van der Waals surface area (Å²) in [4.78, 5) is 15.5. The van der Waals surface area contributed by atoms with Crippen LogP contribution in [-0.2, 0) is 11.2 Å². The molecule has 3 aliphatic rings. The zero-order chi connectivity index (χ0) is 23.4. The van der Waals surface area contributed by atoms with E-state index in [1.165, 1.54) is 22.4 Å². The molecule has 2 saturated carbocycles. The zero-order valence-corrected chi connectivity index (χ0v) is 21.1. The third kappa shape index (κ3) is 3.80. The molecule has 0 amide bonds. The number of ether oxygens (including phenoxy) is 1. The second-order valence-electron chi connectivity index (χ2n) is 10.9. The molecular weight excluding hydrogens is 428 g/mol. The summed E-state index contributed by atoms with van der Waals surface area (Å²) >= 11 is 1.67. The highest BCUT2D eigenvalue weighted by Gasteiger charge is 2.60. The van der Waals surface area contributed by atoms with Crippen molar-refractivity contribution in [2.24, 2.45) is 23.2 Å². The normalized spacial score (nSPS) is 32.6. The number of fused-ring (bicyclic) bond motifs is 5. The first kappa shape index (κ1) is 22.9. The summed E-state index contributed by atoms with van der Waals surface area (Å²) in [5.74, 6) is 2.62. The Morgan fingerprint density at radius 1 is 1.21 bits per heavy atom. The van der Waals surface area contributed by atoms with E-state index >= 15 is 0 Å².